The maximum absolute atomic E-state index is 4.64. The van der Waals surface area contributed by atoms with Crippen LogP contribution in [0.4, 0.5) is 0 Å². The fraction of sp³-hybridized carbons (Fsp3) is 1.00. The lowest BCUT2D eigenvalue weighted by Gasteiger charge is -2.40. The van der Waals surface area contributed by atoms with Crippen molar-refractivity contribution in [3.63, 3.8) is 0 Å². The van der Waals surface area contributed by atoms with Gasteiger partial charge in [-0.2, -0.15) is 24.4 Å². The van der Waals surface area contributed by atoms with Crippen LogP contribution in [0.5, 0.6) is 0 Å². The molecule has 0 spiro atoms. The Balaban J connectivity index is 1.88. The van der Waals surface area contributed by atoms with Crippen molar-refractivity contribution in [2.45, 2.75) is 38.5 Å². The average Bonchev–Trinajstić information content (AvgIpc) is 2.59. The highest BCUT2D eigenvalue weighted by molar-refractivity contribution is 7.99. The summed E-state index contributed by atoms with van der Waals surface area (Å²) >= 11 is 6.77. The van der Waals surface area contributed by atoms with Gasteiger partial charge in [0.2, 0.25) is 0 Å². The SMILES string of the molecule is SCC1(CN2CCCSCC2)CCCCC1. The number of thioether (sulfide) groups is 1. The first-order valence-corrected chi connectivity index (χ1v) is 8.54. The van der Waals surface area contributed by atoms with E-state index in [4.69, 9.17) is 0 Å². The Morgan fingerprint density at radius 3 is 2.56 bits per heavy atom. The second kappa shape index (κ2) is 6.55. The van der Waals surface area contributed by atoms with Gasteiger partial charge in [0, 0.05) is 18.8 Å². The molecule has 16 heavy (non-hydrogen) atoms. The zero-order chi connectivity index (χ0) is 11.3. The Morgan fingerprint density at radius 1 is 1.00 bits per heavy atom. The second-order valence-corrected chi connectivity index (χ2v) is 7.00. The van der Waals surface area contributed by atoms with E-state index in [1.807, 2.05) is 0 Å². The first kappa shape index (κ1) is 13.1. The van der Waals surface area contributed by atoms with Crippen molar-refractivity contribution in [1.29, 1.82) is 0 Å². The normalized spacial score (nSPS) is 27.6. The molecule has 0 unspecified atom stereocenters. The molecule has 3 heteroatoms. The summed E-state index contributed by atoms with van der Waals surface area (Å²) in [5, 5.41) is 0. The van der Waals surface area contributed by atoms with Crippen molar-refractivity contribution < 1.29 is 0 Å². The molecule has 2 aliphatic rings. The highest BCUT2D eigenvalue weighted by Crippen LogP contribution is 2.38. The van der Waals surface area contributed by atoms with E-state index in [1.54, 1.807) is 0 Å². The van der Waals surface area contributed by atoms with E-state index in [2.05, 4.69) is 29.3 Å². The minimum atomic E-state index is 0.552. The van der Waals surface area contributed by atoms with Crippen LogP contribution in [0.1, 0.15) is 38.5 Å². The summed E-state index contributed by atoms with van der Waals surface area (Å²) in [7, 11) is 0. The quantitative estimate of drug-likeness (QED) is 0.775. The predicted molar refractivity (Wildman–Crippen MR) is 77.8 cm³/mol. The monoisotopic (exact) mass is 259 g/mol. The Kier molecular flexibility index (Phi) is 5.37. The smallest absolute Gasteiger partial charge is 0.00726 e. The van der Waals surface area contributed by atoms with E-state index >= 15 is 0 Å². The molecule has 0 aromatic carbocycles. The van der Waals surface area contributed by atoms with Crippen molar-refractivity contribution in [3.8, 4) is 0 Å². The van der Waals surface area contributed by atoms with Gasteiger partial charge in [0.15, 0.2) is 0 Å². The molecule has 1 aliphatic heterocycles. The van der Waals surface area contributed by atoms with Crippen molar-refractivity contribution in [2.24, 2.45) is 5.41 Å². The lowest BCUT2D eigenvalue weighted by atomic mass is 9.75. The predicted octanol–water partition coefficient (Wildman–Crippen LogP) is 3.31. The maximum atomic E-state index is 4.64. The second-order valence-electron chi connectivity index (χ2n) is 5.46. The molecular formula is C13H25NS2. The highest BCUT2D eigenvalue weighted by Gasteiger charge is 2.32. The third-order valence-electron chi connectivity index (χ3n) is 4.12. The number of nitrogens with zero attached hydrogens (tertiary/aromatic N) is 1. The molecule has 2 rings (SSSR count). The summed E-state index contributed by atoms with van der Waals surface area (Å²) in [5.41, 5.74) is 0.552. The van der Waals surface area contributed by atoms with E-state index in [0.717, 1.165) is 5.75 Å². The van der Waals surface area contributed by atoms with Crippen molar-refractivity contribution in [3.05, 3.63) is 0 Å². The third kappa shape index (κ3) is 3.58. The van der Waals surface area contributed by atoms with Gasteiger partial charge < -0.3 is 4.90 Å². The van der Waals surface area contributed by atoms with Crippen molar-refractivity contribution >= 4 is 24.4 Å². The summed E-state index contributed by atoms with van der Waals surface area (Å²) in [4.78, 5) is 2.71. The van der Waals surface area contributed by atoms with Crippen molar-refractivity contribution in [2.75, 3.05) is 36.9 Å². The van der Waals surface area contributed by atoms with Gasteiger partial charge in [-0.3, -0.25) is 0 Å². The Bertz CT molecular complexity index is 194. The average molecular weight is 259 g/mol. The summed E-state index contributed by atoms with van der Waals surface area (Å²) in [6.07, 6.45) is 8.53. The summed E-state index contributed by atoms with van der Waals surface area (Å²) in [5.74, 6) is 3.80. The maximum Gasteiger partial charge on any atom is 0.00726 e. The molecule has 1 heterocycles. The summed E-state index contributed by atoms with van der Waals surface area (Å²) < 4.78 is 0. The standard InChI is InChI=1S/C13H25NS2/c15-12-13(5-2-1-3-6-13)11-14-7-4-9-16-10-8-14/h15H,1-12H2. The fourth-order valence-corrected chi connectivity index (χ4v) is 4.44. The molecule has 0 amide bonds. The van der Waals surface area contributed by atoms with Gasteiger partial charge in [0.1, 0.15) is 0 Å². The minimum absolute atomic E-state index is 0.552. The molecule has 0 atom stereocenters. The zero-order valence-electron chi connectivity index (χ0n) is 10.3. The molecule has 1 nitrogen and oxygen atoms in total. The highest BCUT2D eigenvalue weighted by atomic mass is 32.2. The van der Waals surface area contributed by atoms with Gasteiger partial charge in [-0.15, -0.1) is 0 Å². The molecule has 1 saturated carbocycles. The topological polar surface area (TPSA) is 3.24 Å². The molecule has 0 aromatic heterocycles. The molecule has 0 aromatic rings. The molecule has 1 aliphatic carbocycles. The Labute approximate surface area is 110 Å². The minimum Gasteiger partial charge on any atom is -0.302 e. The Hall–Kier alpha value is 0.660. The van der Waals surface area contributed by atoms with Crippen LogP contribution in [0.25, 0.3) is 0 Å². The van der Waals surface area contributed by atoms with Crippen LogP contribution in [0.15, 0.2) is 0 Å². The van der Waals surface area contributed by atoms with Crippen LogP contribution in [-0.2, 0) is 0 Å². The molecule has 94 valence electrons. The van der Waals surface area contributed by atoms with Gasteiger partial charge >= 0.3 is 0 Å². The number of thiol groups is 1. The van der Waals surface area contributed by atoms with Crippen LogP contribution >= 0.6 is 24.4 Å². The van der Waals surface area contributed by atoms with E-state index < -0.39 is 0 Å². The van der Waals surface area contributed by atoms with E-state index in [9.17, 15) is 0 Å². The van der Waals surface area contributed by atoms with E-state index in [0.29, 0.717) is 5.41 Å². The lowest BCUT2D eigenvalue weighted by molar-refractivity contribution is 0.132. The first-order chi connectivity index (χ1) is 7.85. The molecule has 0 bridgehead atoms. The fourth-order valence-electron chi connectivity index (χ4n) is 3.10. The van der Waals surface area contributed by atoms with Gasteiger partial charge in [-0.1, -0.05) is 19.3 Å². The van der Waals surface area contributed by atoms with Crippen LogP contribution in [0.3, 0.4) is 0 Å². The number of hydrogen-bond acceptors (Lipinski definition) is 3. The Morgan fingerprint density at radius 2 is 1.81 bits per heavy atom. The molecule has 0 radical (unpaired) electrons. The van der Waals surface area contributed by atoms with Crippen LogP contribution < -0.4 is 0 Å². The van der Waals surface area contributed by atoms with Crippen LogP contribution in [-0.4, -0.2) is 41.8 Å². The first-order valence-electron chi connectivity index (χ1n) is 6.76. The van der Waals surface area contributed by atoms with E-state index in [1.165, 1.54) is 69.7 Å². The van der Waals surface area contributed by atoms with Gasteiger partial charge in [-0.05, 0) is 42.7 Å². The lowest BCUT2D eigenvalue weighted by Crippen LogP contribution is -2.41. The summed E-state index contributed by atoms with van der Waals surface area (Å²) in [6, 6.07) is 0. The van der Waals surface area contributed by atoms with Gasteiger partial charge in [0.25, 0.3) is 0 Å². The van der Waals surface area contributed by atoms with Crippen molar-refractivity contribution in [1.82, 2.24) is 4.90 Å². The molecule has 0 N–H and O–H groups in total. The van der Waals surface area contributed by atoms with Gasteiger partial charge in [-0.25, -0.2) is 0 Å². The largest absolute Gasteiger partial charge is 0.302 e. The molecular weight excluding hydrogens is 234 g/mol. The summed E-state index contributed by atoms with van der Waals surface area (Å²) in [6.45, 7) is 3.94. The zero-order valence-corrected chi connectivity index (χ0v) is 12.0. The number of rotatable bonds is 3. The third-order valence-corrected chi connectivity index (χ3v) is 5.84. The molecule has 2 fully saturated rings. The van der Waals surface area contributed by atoms with Crippen LogP contribution in [0, 0.1) is 5.41 Å². The van der Waals surface area contributed by atoms with Gasteiger partial charge in [0.05, 0.1) is 0 Å². The van der Waals surface area contributed by atoms with E-state index in [-0.39, 0.29) is 0 Å². The molecule has 1 saturated heterocycles. The van der Waals surface area contributed by atoms with Crippen LogP contribution in [0.2, 0.25) is 0 Å². The number of hydrogen-bond donors (Lipinski definition) is 1.